The van der Waals surface area contributed by atoms with Crippen molar-refractivity contribution in [3.63, 3.8) is 0 Å². The topological polar surface area (TPSA) is 144 Å². The first-order chi connectivity index (χ1) is 34.5. The number of unbranched alkanes of at least 4 members (excludes halogenated alkanes) is 9. The van der Waals surface area contributed by atoms with Crippen LogP contribution in [-0.4, -0.2) is 50.2 Å². The molecule has 0 saturated carbocycles. The van der Waals surface area contributed by atoms with Gasteiger partial charge in [0.1, 0.15) is 17.2 Å². The van der Waals surface area contributed by atoms with Gasteiger partial charge in [-0.25, -0.2) is 0 Å². The summed E-state index contributed by atoms with van der Waals surface area (Å²) in [7, 11) is 0. The van der Waals surface area contributed by atoms with E-state index in [1.165, 1.54) is 54.6 Å². The fourth-order valence-electron chi connectivity index (χ4n) is 7.55. The van der Waals surface area contributed by atoms with Gasteiger partial charge in [0, 0.05) is 33.4 Å². The van der Waals surface area contributed by atoms with Gasteiger partial charge in [-0.15, -0.1) is 0 Å². The minimum atomic E-state index is -4.80. The summed E-state index contributed by atoms with van der Waals surface area (Å²) in [5.74, 6) is -2.52. The number of alkyl halides is 9. The molecule has 0 atom stereocenters. The van der Waals surface area contributed by atoms with E-state index in [9.17, 15) is 39.5 Å². The minimum absolute atomic E-state index is 0.0626. The fourth-order valence-corrected chi connectivity index (χ4v) is 7.55. The van der Waals surface area contributed by atoms with Gasteiger partial charge in [0.2, 0.25) is 17.5 Å². The van der Waals surface area contributed by atoms with E-state index in [0.29, 0.717) is 19.3 Å². The molecule has 72 heavy (non-hydrogen) atoms. The van der Waals surface area contributed by atoms with E-state index < -0.39 is 35.2 Å². The van der Waals surface area contributed by atoms with Crippen molar-refractivity contribution in [3.05, 3.63) is 89.5 Å². The Kier molecular flexibility index (Phi) is 17.3. The lowest BCUT2D eigenvalue weighted by atomic mass is 10.0. The van der Waals surface area contributed by atoms with Crippen LogP contribution in [-0.2, 0) is 18.5 Å². The molecule has 3 heterocycles. The molecule has 7 rings (SSSR count). The first-order valence-corrected chi connectivity index (χ1v) is 23.7. The second-order valence-corrected chi connectivity index (χ2v) is 16.9. The third-order valence-electron chi connectivity index (χ3n) is 11.3. The molecule has 0 saturated heterocycles. The predicted octanol–water partition coefficient (Wildman–Crippen LogP) is 15.8. The largest absolute Gasteiger partial charge is 0.493 e. The van der Waals surface area contributed by atoms with Crippen molar-refractivity contribution in [2.24, 2.45) is 0 Å². The van der Waals surface area contributed by atoms with Crippen LogP contribution in [0.4, 0.5) is 39.5 Å². The Morgan fingerprint density at radius 1 is 0.361 bits per heavy atom. The van der Waals surface area contributed by atoms with Crippen molar-refractivity contribution in [1.29, 1.82) is 0 Å². The molecule has 4 aromatic carbocycles. The summed E-state index contributed by atoms with van der Waals surface area (Å²) in [6.45, 7) is 6.28. The molecule has 0 radical (unpaired) electrons. The average Bonchev–Trinajstić information content (AvgIpc) is 4.16. The lowest BCUT2D eigenvalue weighted by Crippen LogP contribution is -2.10. The highest BCUT2D eigenvalue weighted by Gasteiger charge is 2.37. The number of benzene rings is 4. The normalized spacial score (nSPS) is 12.2. The van der Waals surface area contributed by atoms with E-state index in [1.807, 2.05) is 20.8 Å². The molecule has 0 unspecified atom stereocenters. The summed E-state index contributed by atoms with van der Waals surface area (Å²) in [6.07, 6.45) is -4.74. The SMILES string of the molecule is CCCCCCOc1ccc(-c2noc(-c3cc(-c4nc(-c5ccc(OCCCCCC)c(C(F)(F)F)c5)no4)cc(-c4nc(-c5ccc(OCCCCCC)c(C(F)(F)F)c5)no4)c3)n2)cc1C(F)(F)F. The Bertz CT molecular complexity index is 2560. The van der Waals surface area contributed by atoms with Crippen LogP contribution in [0.1, 0.15) is 115 Å². The van der Waals surface area contributed by atoms with Crippen molar-refractivity contribution in [2.45, 2.75) is 116 Å². The van der Waals surface area contributed by atoms with E-state index in [0.717, 1.165) is 76.0 Å². The summed E-state index contributed by atoms with van der Waals surface area (Å²) in [4.78, 5) is 13.1. The van der Waals surface area contributed by atoms with Crippen molar-refractivity contribution in [1.82, 2.24) is 30.4 Å². The molecule has 0 amide bonds. The fraction of sp³-hybridized carbons (Fsp3) is 0.412. The lowest BCUT2D eigenvalue weighted by molar-refractivity contribution is -0.139. The molecule has 0 aliphatic carbocycles. The molecule has 0 fully saturated rings. The first kappa shape index (κ1) is 52.9. The van der Waals surface area contributed by atoms with Crippen LogP contribution in [0.2, 0.25) is 0 Å². The quantitative estimate of drug-likeness (QED) is 0.0420. The van der Waals surface area contributed by atoms with Gasteiger partial charge in [-0.3, -0.25) is 0 Å². The molecule has 12 nitrogen and oxygen atoms in total. The highest BCUT2D eigenvalue weighted by Crippen LogP contribution is 2.42. The summed E-state index contributed by atoms with van der Waals surface area (Å²) in [5, 5.41) is 11.8. The zero-order chi connectivity index (χ0) is 51.5. The zero-order valence-electron chi connectivity index (χ0n) is 39.6. The number of aromatic nitrogens is 6. The third-order valence-corrected chi connectivity index (χ3v) is 11.3. The number of hydrogen-bond donors (Lipinski definition) is 0. The van der Waals surface area contributed by atoms with Crippen LogP contribution in [0.15, 0.2) is 86.4 Å². The maximum absolute atomic E-state index is 14.3. The highest BCUT2D eigenvalue weighted by atomic mass is 19.4. The molecule has 0 N–H and O–H groups in total. The molecule has 0 aliphatic rings. The smallest absolute Gasteiger partial charge is 0.419 e. The van der Waals surface area contributed by atoms with Gasteiger partial charge < -0.3 is 27.8 Å². The van der Waals surface area contributed by atoms with Crippen LogP contribution in [0.25, 0.3) is 68.5 Å². The Morgan fingerprint density at radius 3 is 0.889 bits per heavy atom. The second kappa shape index (κ2) is 23.5. The molecule has 7 aromatic rings. The van der Waals surface area contributed by atoms with Crippen molar-refractivity contribution in [2.75, 3.05) is 19.8 Å². The zero-order valence-corrected chi connectivity index (χ0v) is 39.6. The van der Waals surface area contributed by atoms with E-state index in [2.05, 4.69) is 30.4 Å². The third kappa shape index (κ3) is 13.5. The number of halogens is 9. The van der Waals surface area contributed by atoms with Crippen LogP contribution >= 0.6 is 0 Å². The standard InChI is InChI=1S/C51H51F9N6O6/c1-4-7-10-13-22-67-40-19-16-31(28-37(40)49(52,53)54)43-61-46(70-64-43)34-25-35(47-62-44(65-71-47)32-17-20-41(38(29-32)50(55,56)57)68-23-14-11-8-5-2)27-36(26-34)48-63-45(66-72-48)33-18-21-42(39(30-33)51(58,59)60)69-24-15-12-9-6-3/h16-21,25-30H,4-15,22-24H2,1-3H3. The Morgan fingerprint density at radius 2 is 0.639 bits per heavy atom. The average molecular weight is 1010 g/mol. The molecular formula is C51H51F9N6O6. The second-order valence-electron chi connectivity index (χ2n) is 16.9. The Balaban J connectivity index is 1.25. The van der Waals surface area contributed by atoms with Crippen LogP contribution < -0.4 is 14.2 Å². The molecule has 3 aromatic heterocycles. The van der Waals surface area contributed by atoms with Gasteiger partial charge >= 0.3 is 18.5 Å². The summed E-state index contributed by atoms with van der Waals surface area (Å²) >= 11 is 0. The van der Waals surface area contributed by atoms with Crippen LogP contribution in [0.5, 0.6) is 17.2 Å². The maximum atomic E-state index is 14.3. The van der Waals surface area contributed by atoms with Crippen molar-refractivity contribution < 1.29 is 67.3 Å². The van der Waals surface area contributed by atoms with E-state index in [1.54, 1.807) is 0 Å². The summed E-state index contributed by atoms with van der Waals surface area (Å²) in [6, 6.07) is 14.3. The Labute approximate surface area is 408 Å². The van der Waals surface area contributed by atoms with E-state index in [4.69, 9.17) is 27.8 Å². The highest BCUT2D eigenvalue weighted by molar-refractivity contribution is 5.76. The predicted molar refractivity (Wildman–Crippen MR) is 247 cm³/mol. The van der Waals surface area contributed by atoms with Crippen molar-refractivity contribution >= 4 is 0 Å². The first-order valence-electron chi connectivity index (χ1n) is 23.7. The molecule has 0 spiro atoms. The van der Waals surface area contributed by atoms with E-state index in [-0.39, 0.29) is 106 Å². The molecular weight excluding hydrogens is 964 g/mol. The Hall–Kier alpha value is -6.93. The number of ether oxygens (including phenoxy) is 3. The van der Waals surface area contributed by atoms with Gasteiger partial charge in [0.15, 0.2) is 0 Å². The van der Waals surface area contributed by atoms with Crippen LogP contribution in [0, 0.1) is 0 Å². The maximum Gasteiger partial charge on any atom is 0.419 e. The molecule has 21 heteroatoms. The lowest BCUT2D eigenvalue weighted by Gasteiger charge is -2.14. The van der Waals surface area contributed by atoms with E-state index >= 15 is 0 Å². The van der Waals surface area contributed by atoms with Gasteiger partial charge in [-0.1, -0.05) is 94.0 Å². The van der Waals surface area contributed by atoms with Gasteiger partial charge in [-0.05, 0) is 92.1 Å². The van der Waals surface area contributed by atoms with Gasteiger partial charge in [0.05, 0.1) is 36.5 Å². The van der Waals surface area contributed by atoms with Gasteiger partial charge in [-0.2, -0.15) is 54.5 Å². The number of nitrogens with zero attached hydrogens (tertiary/aromatic N) is 6. The van der Waals surface area contributed by atoms with Gasteiger partial charge in [0.25, 0.3) is 17.7 Å². The monoisotopic (exact) mass is 1010 g/mol. The summed E-state index contributed by atoms with van der Waals surface area (Å²) < 4.78 is 162. The number of rotatable bonds is 24. The minimum Gasteiger partial charge on any atom is -0.493 e. The molecule has 384 valence electrons. The molecule has 0 aliphatic heterocycles. The number of hydrogen-bond acceptors (Lipinski definition) is 12. The van der Waals surface area contributed by atoms with Crippen LogP contribution in [0.3, 0.4) is 0 Å². The summed E-state index contributed by atoms with van der Waals surface area (Å²) in [5.41, 5.74) is -3.08. The molecule has 0 bridgehead atoms. The van der Waals surface area contributed by atoms with Crippen molar-refractivity contribution in [3.8, 4) is 85.8 Å².